The minimum atomic E-state index is 0. The Morgan fingerprint density at radius 1 is 1.06 bits per heavy atom. The maximum Gasteiger partial charge on any atom is 0.0931 e. The molecule has 1 fully saturated rings. The summed E-state index contributed by atoms with van der Waals surface area (Å²) in [5, 5.41) is 0. The van der Waals surface area contributed by atoms with Gasteiger partial charge in [0.05, 0.1) is 17.4 Å². The zero-order valence-electron chi connectivity index (χ0n) is 8.89. The van der Waals surface area contributed by atoms with E-state index in [1.807, 2.05) is 24.3 Å². The van der Waals surface area contributed by atoms with Crippen molar-refractivity contribution in [2.45, 2.75) is 12.8 Å². The Kier molecular flexibility index (Phi) is 7.99. The number of hydrogen-bond donors (Lipinski definition) is 1. The molecule has 5 heteroatoms. The predicted octanol–water partition coefficient (Wildman–Crippen LogP) is 3.20. The van der Waals surface area contributed by atoms with E-state index in [1.54, 1.807) is 6.33 Å². The van der Waals surface area contributed by atoms with E-state index in [-0.39, 0.29) is 24.8 Å². The molecule has 2 heterocycles. The molecule has 0 bridgehead atoms. The van der Waals surface area contributed by atoms with E-state index >= 15 is 0 Å². The van der Waals surface area contributed by atoms with E-state index in [2.05, 4.69) is 9.97 Å². The van der Waals surface area contributed by atoms with E-state index in [9.17, 15) is 0 Å². The second kappa shape index (κ2) is 8.39. The zero-order chi connectivity index (χ0) is 9.64. The minimum Gasteiger partial charge on any atom is -0.381 e. The van der Waals surface area contributed by atoms with Crippen molar-refractivity contribution in [3.8, 4) is 0 Å². The van der Waals surface area contributed by atoms with Crippen molar-refractivity contribution in [3.05, 3.63) is 30.6 Å². The van der Waals surface area contributed by atoms with Crippen molar-refractivity contribution in [2.75, 3.05) is 13.2 Å². The van der Waals surface area contributed by atoms with E-state index in [0.29, 0.717) is 0 Å². The van der Waals surface area contributed by atoms with Crippen molar-refractivity contribution >= 4 is 35.8 Å². The van der Waals surface area contributed by atoms with E-state index in [4.69, 9.17) is 4.74 Å². The first-order valence-electron chi connectivity index (χ1n) is 4.93. The van der Waals surface area contributed by atoms with E-state index in [0.717, 1.165) is 24.2 Å². The van der Waals surface area contributed by atoms with E-state index < -0.39 is 0 Å². The van der Waals surface area contributed by atoms with Crippen molar-refractivity contribution in [1.29, 1.82) is 0 Å². The molecule has 1 saturated heterocycles. The molecular formula is C11H16Cl2N2O. The molecule has 3 rings (SSSR count). The number of halogens is 2. The summed E-state index contributed by atoms with van der Waals surface area (Å²) in [6, 6.07) is 7.94. The summed E-state index contributed by atoms with van der Waals surface area (Å²) in [4.78, 5) is 7.07. The van der Waals surface area contributed by atoms with Crippen LogP contribution in [-0.2, 0) is 4.74 Å². The molecule has 16 heavy (non-hydrogen) atoms. The fourth-order valence-corrected chi connectivity index (χ4v) is 1.39. The number of nitrogens with one attached hydrogen (secondary N) is 1. The number of aromatic amines is 1. The summed E-state index contributed by atoms with van der Waals surface area (Å²) in [5.74, 6) is 0. The van der Waals surface area contributed by atoms with Crippen LogP contribution in [0, 0.1) is 0 Å². The first kappa shape index (κ1) is 15.2. The van der Waals surface area contributed by atoms with Crippen LogP contribution in [0.4, 0.5) is 0 Å². The van der Waals surface area contributed by atoms with Crippen molar-refractivity contribution in [2.24, 2.45) is 0 Å². The third-order valence-electron chi connectivity index (χ3n) is 2.16. The number of imidazole rings is 1. The fourth-order valence-electron chi connectivity index (χ4n) is 1.39. The Balaban J connectivity index is 0.000000282. The van der Waals surface area contributed by atoms with Gasteiger partial charge in [-0.05, 0) is 25.0 Å². The quantitative estimate of drug-likeness (QED) is 0.792. The minimum absolute atomic E-state index is 0. The van der Waals surface area contributed by atoms with Gasteiger partial charge in [-0.25, -0.2) is 4.98 Å². The standard InChI is InChI=1S/C7H6N2.C4H8O.2ClH/c1-2-4-7-6(3-1)8-5-9-7;1-2-4-5-3-1;;/h1-5H,(H,8,9);1-4H2;2*1H. The number of fused-ring (bicyclic) bond motifs is 1. The highest BCUT2D eigenvalue weighted by molar-refractivity contribution is 5.85. The van der Waals surface area contributed by atoms with Gasteiger partial charge in [0.2, 0.25) is 0 Å². The lowest BCUT2D eigenvalue weighted by molar-refractivity contribution is 0.198. The Hall–Kier alpha value is -0.770. The lowest BCUT2D eigenvalue weighted by atomic mass is 10.3. The number of ether oxygens (including phenoxy) is 1. The largest absolute Gasteiger partial charge is 0.381 e. The van der Waals surface area contributed by atoms with E-state index in [1.165, 1.54) is 12.8 Å². The second-order valence-corrected chi connectivity index (χ2v) is 3.24. The summed E-state index contributed by atoms with van der Waals surface area (Å²) in [6.45, 7) is 2.00. The van der Waals surface area contributed by atoms with Gasteiger partial charge in [0, 0.05) is 13.2 Å². The summed E-state index contributed by atoms with van der Waals surface area (Å²) in [7, 11) is 0. The maximum absolute atomic E-state index is 4.94. The van der Waals surface area contributed by atoms with Gasteiger partial charge in [-0.15, -0.1) is 24.8 Å². The number of nitrogens with zero attached hydrogens (tertiary/aromatic N) is 1. The predicted molar refractivity (Wildman–Crippen MR) is 70.6 cm³/mol. The SMILES string of the molecule is C1CCOC1.Cl.Cl.c1ccc2[nH]cnc2c1. The maximum atomic E-state index is 4.94. The van der Waals surface area contributed by atoms with Gasteiger partial charge < -0.3 is 9.72 Å². The second-order valence-electron chi connectivity index (χ2n) is 3.24. The van der Waals surface area contributed by atoms with Gasteiger partial charge in [0.1, 0.15) is 0 Å². The van der Waals surface area contributed by atoms with Gasteiger partial charge in [0.25, 0.3) is 0 Å². The van der Waals surface area contributed by atoms with Crippen molar-refractivity contribution < 1.29 is 4.74 Å². The van der Waals surface area contributed by atoms with Crippen LogP contribution in [0.5, 0.6) is 0 Å². The lowest BCUT2D eigenvalue weighted by Gasteiger charge is -1.81. The van der Waals surface area contributed by atoms with Crippen molar-refractivity contribution in [1.82, 2.24) is 9.97 Å². The average Bonchev–Trinajstić information content (AvgIpc) is 2.92. The summed E-state index contributed by atoms with van der Waals surface area (Å²) < 4.78 is 4.94. The highest BCUT2D eigenvalue weighted by atomic mass is 35.5. The van der Waals surface area contributed by atoms with Gasteiger partial charge in [-0.1, -0.05) is 12.1 Å². The summed E-state index contributed by atoms with van der Waals surface area (Å²) >= 11 is 0. The van der Waals surface area contributed by atoms with Crippen LogP contribution in [0.1, 0.15) is 12.8 Å². The van der Waals surface area contributed by atoms with Gasteiger partial charge in [0.15, 0.2) is 0 Å². The number of aromatic nitrogens is 2. The average molecular weight is 263 g/mol. The molecule has 0 unspecified atom stereocenters. The van der Waals surface area contributed by atoms with Crippen LogP contribution in [0.3, 0.4) is 0 Å². The zero-order valence-corrected chi connectivity index (χ0v) is 10.5. The topological polar surface area (TPSA) is 37.9 Å². The monoisotopic (exact) mass is 262 g/mol. The molecule has 1 aromatic carbocycles. The van der Waals surface area contributed by atoms with Crippen LogP contribution in [-0.4, -0.2) is 23.2 Å². The summed E-state index contributed by atoms with van der Waals surface area (Å²) in [5.41, 5.74) is 2.12. The van der Waals surface area contributed by atoms with Gasteiger partial charge in [-0.2, -0.15) is 0 Å². The van der Waals surface area contributed by atoms with Crippen LogP contribution >= 0.6 is 24.8 Å². The molecule has 0 aliphatic carbocycles. The molecule has 0 saturated carbocycles. The molecule has 0 spiro atoms. The van der Waals surface area contributed by atoms with Gasteiger partial charge >= 0.3 is 0 Å². The van der Waals surface area contributed by atoms with Crippen LogP contribution < -0.4 is 0 Å². The van der Waals surface area contributed by atoms with Crippen LogP contribution in [0.25, 0.3) is 11.0 Å². The Morgan fingerprint density at radius 3 is 2.31 bits per heavy atom. The van der Waals surface area contributed by atoms with Crippen LogP contribution in [0.2, 0.25) is 0 Å². The lowest BCUT2D eigenvalue weighted by Crippen LogP contribution is -1.74. The molecule has 0 atom stereocenters. The Labute approximate surface area is 107 Å². The normalized spacial score (nSPS) is 13.2. The molecule has 1 N–H and O–H groups in total. The third-order valence-corrected chi connectivity index (χ3v) is 2.16. The fraction of sp³-hybridized carbons (Fsp3) is 0.364. The Bertz CT molecular complexity index is 350. The molecule has 0 radical (unpaired) electrons. The molecule has 1 aromatic heterocycles. The number of rotatable bonds is 0. The highest BCUT2D eigenvalue weighted by Crippen LogP contribution is 2.05. The molecule has 90 valence electrons. The van der Waals surface area contributed by atoms with Gasteiger partial charge in [-0.3, -0.25) is 0 Å². The molecule has 0 amide bonds. The molecule has 3 nitrogen and oxygen atoms in total. The number of hydrogen-bond acceptors (Lipinski definition) is 2. The smallest absolute Gasteiger partial charge is 0.0931 e. The number of H-pyrrole nitrogens is 1. The van der Waals surface area contributed by atoms with Crippen LogP contribution in [0.15, 0.2) is 30.6 Å². The molecule has 2 aromatic rings. The first-order chi connectivity index (χ1) is 6.97. The van der Waals surface area contributed by atoms with Crippen molar-refractivity contribution in [3.63, 3.8) is 0 Å². The number of para-hydroxylation sites is 2. The summed E-state index contributed by atoms with van der Waals surface area (Å²) in [6.07, 6.45) is 4.25. The Morgan fingerprint density at radius 2 is 1.75 bits per heavy atom. The highest BCUT2D eigenvalue weighted by Gasteiger charge is 1.94. The first-order valence-corrected chi connectivity index (χ1v) is 4.93. The third kappa shape index (κ3) is 4.39. The molecule has 1 aliphatic heterocycles. The molecular weight excluding hydrogens is 247 g/mol. The number of benzene rings is 1. The molecule has 1 aliphatic rings.